The number of benzene rings is 1. The van der Waals surface area contributed by atoms with Crippen LogP contribution in [-0.2, 0) is 0 Å². The van der Waals surface area contributed by atoms with Gasteiger partial charge in [-0.05, 0) is 110 Å². The average molecular weight is 466 g/mol. The Bertz CT molecular complexity index is 1150. The molecule has 0 N–H and O–H groups in total. The standard InChI is InChI=1S/C32H39N3/c1-5-6-7-10-30-14-11-29(23-34-30)26-13-16-32(33-19-17-26)25(3)28-12-15-31(24(2)22-28)27-9-8-20-35(4)21-18-27/h7,10-15,17,19,22-23,27H,3,5-6,8-9,16,18,20-21H2,1-2,4H3/b10-7+. The molecule has 0 amide bonds. The third-order valence-electron chi connectivity index (χ3n) is 7.22. The van der Waals surface area contributed by atoms with E-state index in [1.54, 1.807) is 0 Å². The Balaban J connectivity index is 1.44. The molecule has 1 saturated heterocycles. The lowest BCUT2D eigenvalue weighted by molar-refractivity contribution is 0.347. The highest BCUT2D eigenvalue weighted by molar-refractivity contribution is 6.24. The molecular formula is C32H39N3. The minimum Gasteiger partial charge on any atom is -0.306 e. The second-order valence-electron chi connectivity index (χ2n) is 9.90. The number of aromatic nitrogens is 1. The van der Waals surface area contributed by atoms with E-state index in [0.717, 1.165) is 47.4 Å². The van der Waals surface area contributed by atoms with Crippen LogP contribution in [0.3, 0.4) is 0 Å². The van der Waals surface area contributed by atoms with Crippen molar-refractivity contribution < 1.29 is 0 Å². The minimum absolute atomic E-state index is 0.660. The van der Waals surface area contributed by atoms with Gasteiger partial charge in [-0.3, -0.25) is 9.98 Å². The maximum atomic E-state index is 4.75. The van der Waals surface area contributed by atoms with Crippen molar-refractivity contribution in [1.29, 1.82) is 0 Å². The third kappa shape index (κ3) is 6.55. The van der Waals surface area contributed by atoms with Crippen LogP contribution in [0, 0.1) is 6.92 Å². The lowest BCUT2D eigenvalue weighted by atomic mass is 9.87. The van der Waals surface area contributed by atoms with Gasteiger partial charge >= 0.3 is 0 Å². The second-order valence-corrected chi connectivity index (χ2v) is 9.90. The van der Waals surface area contributed by atoms with Crippen LogP contribution < -0.4 is 0 Å². The van der Waals surface area contributed by atoms with Gasteiger partial charge in [0.25, 0.3) is 0 Å². The number of likely N-dealkylation sites (tertiary alicyclic amines) is 1. The third-order valence-corrected chi connectivity index (χ3v) is 7.22. The van der Waals surface area contributed by atoms with Crippen molar-refractivity contribution in [2.75, 3.05) is 20.1 Å². The monoisotopic (exact) mass is 465 g/mol. The first-order valence-corrected chi connectivity index (χ1v) is 13.1. The summed E-state index contributed by atoms with van der Waals surface area (Å²) in [5, 5.41) is 0. The Labute approximate surface area is 211 Å². The zero-order valence-corrected chi connectivity index (χ0v) is 21.6. The Morgan fingerprint density at radius 2 is 2.06 bits per heavy atom. The smallest absolute Gasteiger partial charge is 0.0626 e. The van der Waals surface area contributed by atoms with Crippen LogP contribution in [0.4, 0.5) is 0 Å². The van der Waals surface area contributed by atoms with Crippen LogP contribution >= 0.6 is 0 Å². The molecule has 182 valence electrons. The lowest BCUT2D eigenvalue weighted by Gasteiger charge is -2.19. The number of nitrogens with zero attached hydrogens (tertiary/aromatic N) is 3. The van der Waals surface area contributed by atoms with Crippen molar-refractivity contribution in [2.24, 2.45) is 4.99 Å². The van der Waals surface area contributed by atoms with Gasteiger partial charge in [0, 0.05) is 18.8 Å². The molecule has 3 heteroatoms. The number of hydrogen-bond donors (Lipinski definition) is 0. The van der Waals surface area contributed by atoms with Crippen LogP contribution in [0.1, 0.15) is 79.3 Å². The van der Waals surface area contributed by atoms with E-state index < -0.39 is 0 Å². The minimum atomic E-state index is 0.660. The van der Waals surface area contributed by atoms with Crippen molar-refractivity contribution in [3.05, 3.63) is 95.5 Å². The fourth-order valence-electron chi connectivity index (χ4n) is 5.03. The molecule has 1 aromatic heterocycles. The zero-order valence-electron chi connectivity index (χ0n) is 21.6. The quantitative estimate of drug-likeness (QED) is 0.416. The van der Waals surface area contributed by atoms with Crippen LogP contribution in [0.25, 0.3) is 17.2 Å². The van der Waals surface area contributed by atoms with E-state index in [1.165, 1.54) is 49.0 Å². The van der Waals surface area contributed by atoms with Gasteiger partial charge in [0.1, 0.15) is 0 Å². The molecule has 0 aliphatic carbocycles. The normalized spacial score (nSPS) is 19.2. The summed E-state index contributed by atoms with van der Waals surface area (Å²) in [6.45, 7) is 11.3. The largest absolute Gasteiger partial charge is 0.306 e. The molecule has 0 radical (unpaired) electrons. The Kier molecular flexibility index (Phi) is 8.65. The molecule has 0 spiro atoms. The van der Waals surface area contributed by atoms with Gasteiger partial charge in [0.05, 0.1) is 11.4 Å². The molecule has 2 aliphatic rings. The first-order valence-electron chi connectivity index (χ1n) is 13.1. The number of unbranched alkanes of at least 4 members (excludes halogenated alkanes) is 1. The van der Waals surface area contributed by atoms with Gasteiger partial charge in [-0.25, -0.2) is 0 Å². The van der Waals surface area contributed by atoms with Crippen molar-refractivity contribution in [3.8, 4) is 0 Å². The molecule has 3 nitrogen and oxygen atoms in total. The Morgan fingerprint density at radius 3 is 2.83 bits per heavy atom. The van der Waals surface area contributed by atoms with Gasteiger partial charge in [-0.2, -0.15) is 0 Å². The molecule has 2 aliphatic heterocycles. The fraction of sp³-hybridized carbons (Fsp3) is 0.375. The fourth-order valence-corrected chi connectivity index (χ4v) is 5.03. The predicted molar refractivity (Wildman–Crippen MR) is 152 cm³/mol. The summed E-state index contributed by atoms with van der Waals surface area (Å²) in [4.78, 5) is 11.8. The summed E-state index contributed by atoms with van der Waals surface area (Å²) in [7, 11) is 2.24. The van der Waals surface area contributed by atoms with Gasteiger partial charge in [-0.15, -0.1) is 0 Å². The van der Waals surface area contributed by atoms with Gasteiger partial charge in [-0.1, -0.05) is 56.3 Å². The van der Waals surface area contributed by atoms with E-state index in [9.17, 15) is 0 Å². The van der Waals surface area contributed by atoms with Crippen molar-refractivity contribution >= 4 is 22.9 Å². The van der Waals surface area contributed by atoms with Crippen molar-refractivity contribution in [3.63, 3.8) is 0 Å². The molecule has 1 atom stereocenters. The van der Waals surface area contributed by atoms with E-state index in [4.69, 9.17) is 4.99 Å². The van der Waals surface area contributed by atoms with Crippen molar-refractivity contribution in [2.45, 2.75) is 58.3 Å². The predicted octanol–water partition coefficient (Wildman–Crippen LogP) is 7.86. The number of hydrogen-bond acceptors (Lipinski definition) is 3. The molecule has 1 fully saturated rings. The van der Waals surface area contributed by atoms with Crippen LogP contribution in [0.5, 0.6) is 0 Å². The first-order chi connectivity index (χ1) is 17.0. The second kappa shape index (κ2) is 12.1. The summed E-state index contributed by atoms with van der Waals surface area (Å²) >= 11 is 0. The summed E-state index contributed by atoms with van der Waals surface area (Å²) in [6.07, 6.45) is 19.2. The van der Waals surface area contributed by atoms with Crippen LogP contribution in [0.15, 0.2) is 72.5 Å². The summed E-state index contributed by atoms with van der Waals surface area (Å²) in [5.74, 6) is 0.660. The Hall–Kier alpha value is -3.04. The molecule has 3 heterocycles. The first kappa shape index (κ1) is 25.1. The molecular weight excluding hydrogens is 426 g/mol. The van der Waals surface area contributed by atoms with Crippen LogP contribution in [-0.4, -0.2) is 35.7 Å². The summed E-state index contributed by atoms with van der Waals surface area (Å²) in [6, 6.07) is 11.1. The molecule has 2 aromatic rings. The number of aryl methyl sites for hydroxylation is 1. The van der Waals surface area contributed by atoms with E-state index >= 15 is 0 Å². The number of allylic oxidation sites excluding steroid dienone is 5. The highest BCUT2D eigenvalue weighted by Crippen LogP contribution is 2.32. The van der Waals surface area contributed by atoms with E-state index in [2.05, 4.69) is 92.0 Å². The van der Waals surface area contributed by atoms with Gasteiger partial charge in [0.15, 0.2) is 0 Å². The maximum absolute atomic E-state index is 4.75. The lowest BCUT2D eigenvalue weighted by Crippen LogP contribution is -2.18. The summed E-state index contributed by atoms with van der Waals surface area (Å²) < 4.78 is 0. The number of aliphatic imine (C=N–C) groups is 1. The summed E-state index contributed by atoms with van der Waals surface area (Å²) in [5.41, 5.74) is 9.35. The maximum Gasteiger partial charge on any atom is 0.0626 e. The molecule has 1 unspecified atom stereocenters. The van der Waals surface area contributed by atoms with Crippen molar-refractivity contribution in [1.82, 2.24) is 9.88 Å². The van der Waals surface area contributed by atoms with E-state index in [-0.39, 0.29) is 0 Å². The number of rotatable bonds is 7. The average Bonchev–Trinajstić information content (AvgIpc) is 3.25. The SMILES string of the molecule is C=C(C1=NC=CC(c2ccc(/C=C/CCC)nc2)=CC1)c1ccc(C2CCCN(C)CC2)c(C)c1. The topological polar surface area (TPSA) is 28.5 Å². The number of pyridine rings is 1. The molecule has 0 bridgehead atoms. The highest BCUT2D eigenvalue weighted by atomic mass is 15.1. The molecule has 35 heavy (non-hydrogen) atoms. The van der Waals surface area contributed by atoms with Crippen LogP contribution in [0.2, 0.25) is 0 Å². The molecule has 1 aromatic carbocycles. The van der Waals surface area contributed by atoms with E-state index in [0.29, 0.717) is 5.92 Å². The molecule has 0 saturated carbocycles. The highest BCUT2D eigenvalue weighted by Gasteiger charge is 2.19. The zero-order chi connectivity index (χ0) is 24.6. The van der Waals surface area contributed by atoms with Gasteiger partial charge in [0.2, 0.25) is 0 Å². The van der Waals surface area contributed by atoms with E-state index in [1.807, 2.05) is 12.4 Å². The molecule has 4 rings (SSSR count). The Morgan fingerprint density at radius 1 is 1.17 bits per heavy atom. The van der Waals surface area contributed by atoms with Gasteiger partial charge < -0.3 is 4.90 Å².